The van der Waals surface area contributed by atoms with Gasteiger partial charge in [-0.15, -0.1) is 0 Å². The normalized spacial score (nSPS) is 30.4. The molecule has 21 heteroatoms. The summed E-state index contributed by atoms with van der Waals surface area (Å²) in [5.41, 5.74) is 6.04. The first-order chi connectivity index (χ1) is 33.4. The third-order valence-electron chi connectivity index (χ3n) is 12.6. The quantitative estimate of drug-likeness (QED) is 0.0319. The van der Waals surface area contributed by atoms with Gasteiger partial charge in [0.05, 0.1) is 98.4 Å². The highest BCUT2D eigenvalue weighted by atomic mass is 16.7. The molecule has 21 nitrogen and oxygen atoms in total. The second-order valence-corrected chi connectivity index (χ2v) is 18.8. The number of ether oxygens (including phenoxy) is 4. The van der Waals surface area contributed by atoms with Crippen molar-refractivity contribution in [3.8, 4) is 0 Å². The number of carbonyl (C=O) groups excluding carboxylic acids is 2. The fourth-order valence-corrected chi connectivity index (χ4v) is 8.15. The van der Waals surface area contributed by atoms with Crippen LogP contribution in [0.25, 0.3) is 0 Å². The summed E-state index contributed by atoms with van der Waals surface area (Å²) < 4.78 is 23.4. The standard InChI is InChI=1S/C50H85N3O18/c1-7-9-11-13-15-17-29(3)45(63)30(4)31(5)68-42(62)23-34(56)21-33(55)19-20-38(59)39(60)22-35(57)25-50(67)26-40(61)44(53-49(66)52-27-36(58)28-54)41(71-50)24-37(18-16-14-12-10-8-2)70-48-47(65)43(51)46(64)32(6)69-48/h7-18,29-41,43-48,54-61,63-65,67H,19-28,51H2,1-6H3,(H2,52,53,66)/b9-7+,10-8+,13-11+,14-12+,17-15+,18-16+/t29-,30-,31-,32+,33+,34+,35-,36-,37-,38+,39+,40-,41-,43-,44+,45+,46+,47-,48-,50+/m0/s1. The number of hydrogen-bond acceptors (Lipinski definition) is 19. The first kappa shape index (κ1) is 63.7. The molecule has 0 aromatic carbocycles. The van der Waals surface area contributed by atoms with Crippen molar-refractivity contribution in [2.75, 3.05) is 13.2 Å². The topological polar surface area (TPSA) is 364 Å². The van der Waals surface area contributed by atoms with Crippen LogP contribution in [0.2, 0.25) is 0 Å². The zero-order valence-corrected chi connectivity index (χ0v) is 41.9. The van der Waals surface area contributed by atoms with E-state index in [2.05, 4.69) is 10.6 Å². The summed E-state index contributed by atoms with van der Waals surface area (Å²) in [7, 11) is 0. The van der Waals surface area contributed by atoms with Gasteiger partial charge in [0.2, 0.25) is 0 Å². The first-order valence-corrected chi connectivity index (χ1v) is 24.5. The van der Waals surface area contributed by atoms with Gasteiger partial charge >= 0.3 is 12.0 Å². The monoisotopic (exact) mass is 1020 g/mol. The summed E-state index contributed by atoms with van der Waals surface area (Å²) in [5, 5.41) is 133. The number of nitrogens with one attached hydrogen (secondary N) is 2. The summed E-state index contributed by atoms with van der Waals surface area (Å²) in [6.45, 7) is 9.47. The summed E-state index contributed by atoms with van der Waals surface area (Å²) in [6, 6.07) is -3.30. The van der Waals surface area contributed by atoms with Gasteiger partial charge in [-0.05, 0) is 47.0 Å². The smallest absolute Gasteiger partial charge is 0.315 e. The minimum atomic E-state index is -2.31. The van der Waals surface area contributed by atoms with E-state index >= 15 is 0 Å². The molecule has 71 heavy (non-hydrogen) atoms. The summed E-state index contributed by atoms with van der Waals surface area (Å²) in [6.07, 6.45) is -0.533. The highest BCUT2D eigenvalue weighted by molar-refractivity contribution is 5.74. The Labute approximate surface area is 417 Å². The molecule has 408 valence electrons. The van der Waals surface area contributed by atoms with E-state index in [1.807, 2.05) is 57.2 Å². The van der Waals surface area contributed by atoms with E-state index in [1.165, 1.54) is 6.92 Å². The fraction of sp³-hybridized carbons (Fsp3) is 0.720. The predicted molar refractivity (Wildman–Crippen MR) is 261 cm³/mol. The van der Waals surface area contributed by atoms with Crippen LogP contribution in [0.3, 0.4) is 0 Å². The minimum Gasteiger partial charge on any atom is -0.462 e. The lowest BCUT2D eigenvalue weighted by Gasteiger charge is -2.46. The molecular formula is C50H85N3O18. The van der Waals surface area contributed by atoms with Gasteiger partial charge in [0.25, 0.3) is 0 Å². The number of amides is 2. The van der Waals surface area contributed by atoms with Crippen molar-refractivity contribution in [3.05, 3.63) is 72.9 Å². The number of allylic oxidation sites excluding steroid dienone is 10. The van der Waals surface area contributed by atoms with Crippen LogP contribution in [0.4, 0.5) is 4.79 Å². The van der Waals surface area contributed by atoms with Gasteiger partial charge in [-0.25, -0.2) is 4.79 Å². The molecule has 0 unspecified atom stereocenters. The van der Waals surface area contributed by atoms with Crippen LogP contribution in [0.15, 0.2) is 72.9 Å². The molecular weight excluding hydrogens is 931 g/mol. The van der Waals surface area contributed by atoms with Crippen LogP contribution in [0.5, 0.6) is 0 Å². The molecule has 0 aromatic heterocycles. The number of nitrogens with two attached hydrogens (primary N) is 1. The Morgan fingerprint density at radius 2 is 1.42 bits per heavy atom. The van der Waals surface area contributed by atoms with Crippen LogP contribution < -0.4 is 16.4 Å². The van der Waals surface area contributed by atoms with Crippen molar-refractivity contribution in [3.63, 3.8) is 0 Å². The Kier molecular flexibility index (Phi) is 29.3. The van der Waals surface area contributed by atoms with Gasteiger partial charge in [-0.3, -0.25) is 4.79 Å². The number of hydrogen-bond donors (Lipinski definition) is 15. The van der Waals surface area contributed by atoms with E-state index < -0.39 is 160 Å². The summed E-state index contributed by atoms with van der Waals surface area (Å²) >= 11 is 0. The first-order valence-electron chi connectivity index (χ1n) is 24.5. The second kappa shape index (κ2) is 32.7. The zero-order valence-electron chi connectivity index (χ0n) is 41.9. The third-order valence-corrected chi connectivity index (χ3v) is 12.6. The predicted octanol–water partition coefficient (Wildman–Crippen LogP) is -0.498. The van der Waals surface area contributed by atoms with Crippen molar-refractivity contribution < 1.29 is 89.8 Å². The molecule has 2 aliphatic rings. The zero-order chi connectivity index (χ0) is 53.4. The number of rotatable bonds is 30. The maximum atomic E-state index is 12.9. The fourth-order valence-electron chi connectivity index (χ4n) is 8.15. The summed E-state index contributed by atoms with van der Waals surface area (Å²) in [5.74, 6) is -3.72. The number of urea groups is 1. The van der Waals surface area contributed by atoms with Crippen molar-refractivity contribution in [2.45, 2.75) is 203 Å². The Morgan fingerprint density at radius 3 is 2.04 bits per heavy atom. The maximum Gasteiger partial charge on any atom is 0.315 e. The Morgan fingerprint density at radius 1 is 0.803 bits per heavy atom. The molecule has 2 saturated heterocycles. The Balaban J connectivity index is 2.09. The molecule has 2 amide bonds. The molecule has 0 spiro atoms. The molecule has 0 saturated carbocycles. The summed E-state index contributed by atoms with van der Waals surface area (Å²) in [4.78, 5) is 25.6. The van der Waals surface area contributed by atoms with Gasteiger partial charge in [0.15, 0.2) is 12.1 Å². The molecule has 20 atom stereocenters. The number of esters is 1. The van der Waals surface area contributed by atoms with Crippen LogP contribution in [-0.4, -0.2) is 196 Å². The van der Waals surface area contributed by atoms with Gasteiger partial charge in [0.1, 0.15) is 12.2 Å². The maximum absolute atomic E-state index is 12.9. The van der Waals surface area contributed by atoms with Crippen LogP contribution in [0.1, 0.15) is 92.9 Å². The van der Waals surface area contributed by atoms with E-state index in [0.717, 1.165) is 0 Å². The van der Waals surface area contributed by atoms with Crippen molar-refractivity contribution in [1.82, 2.24) is 10.6 Å². The largest absolute Gasteiger partial charge is 0.462 e. The van der Waals surface area contributed by atoms with Crippen LogP contribution in [-0.2, 0) is 23.7 Å². The second-order valence-electron chi connectivity index (χ2n) is 18.8. The van der Waals surface area contributed by atoms with Crippen molar-refractivity contribution in [1.29, 1.82) is 0 Å². The Bertz CT molecular complexity index is 1720. The SMILES string of the molecule is C/C=C/C=C/C=C/[C@@H](C[C@@H]1O[C@](O)(C[C@@H](O)C[C@@H](O)[C@H](O)CC[C@@H](O)C[C@@H](O)CC(=O)O[C@@H](C)[C@H](C)[C@H](O)[C@@H](C)/C=C/C=C/C=C/C)C[C@H](O)[C@H]1NC(=O)NC[C@H](O)CO)O[C@@H]1O[C@H](C)[C@@H](O)[C@H](N)[C@@H]1O. The highest BCUT2D eigenvalue weighted by Gasteiger charge is 2.49. The molecule has 0 aliphatic carbocycles. The van der Waals surface area contributed by atoms with E-state index in [0.29, 0.717) is 0 Å². The van der Waals surface area contributed by atoms with Gasteiger partial charge < -0.3 is 96.6 Å². The van der Waals surface area contributed by atoms with Gasteiger partial charge in [-0.1, -0.05) is 86.8 Å². The Hall–Kier alpha value is -3.46. The van der Waals surface area contributed by atoms with Crippen molar-refractivity contribution in [2.24, 2.45) is 17.6 Å². The van der Waals surface area contributed by atoms with Crippen molar-refractivity contribution >= 4 is 12.0 Å². The van der Waals surface area contributed by atoms with Crippen LogP contribution >= 0.6 is 0 Å². The highest BCUT2D eigenvalue weighted by Crippen LogP contribution is 2.35. The molecule has 2 aliphatic heterocycles. The van der Waals surface area contributed by atoms with Crippen LogP contribution in [0, 0.1) is 11.8 Å². The number of carbonyl (C=O) groups is 2. The molecule has 16 N–H and O–H groups in total. The van der Waals surface area contributed by atoms with E-state index in [9.17, 15) is 70.9 Å². The van der Waals surface area contributed by atoms with E-state index in [4.69, 9.17) is 24.7 Å². The molecule has 0 aromatic rings. The van der Waals surface area contributed by atoms with E-state index in [-0.39, 0.29) is 38.1 Å². The lowest BCUT2D eigenvalue weighted by atomic mass is 9.87. The molecule has 0 radical (unpaired) electrons. The van der Waals surface area contributed by atoms with Gasteiger partial charge in [-0.2, -0.15) is 0 Å². The lowest BCUT2D eigenvalue weighted by Crippen LogP contribution is -2.64. The molecule has 2 rings (SSSR count). The number of aliphatic hydroxyl groups excluding tert-OH is 11. The number of aliphatic hydroxyl groups is 12. The molecule has 2 fully saturated rings. The average molecular weight is 1020 g/mol. The molecule has 2 heterocycles. The van der Waals surface area contributed by atoms with E-state index in [1.54, 1.807) is 50.3 Å². The average Bonchev–Trinajstić information content (AvgIpc) is 3.30. The minimum absolute atomic E-state index is 0.117. The third kappa shape index (κ3) is 23.1. The molecule has 0 bridgehead atoms. The van der Waals surface area contributed by atoms with Gasteiger partial charge in [0, 0.05) is 44.1 Å². The lowest BCUT2D eigenvalue weighted by molar-refractivity contribution is -0.303.